The van der Waals surface area contributed by atoms with Crippen molar-refractivity contribution in [2.45, 2.75) is 18.6 Å². The van der Waals surface area contributed by atoms with E-state index in [4.69, 9.17) is 5.11 Å². The molecule has 1 rings (SSSR count). The molecule has 1 saturated heterocycles. The van der Waals surface area contributed by atoms with Crippen LogP contribution in [0.5, 0.6) is 0 Å². The van der Waals surface area contributed by atoms with E-state index in [2.05, 4.69) is 5.32 Å². The van der Waals surface area contributed by atoms with E-state index in [1.165, 1.54) is 0 Å². The normalized spacial score (nSPS) is 32.1. The van der Waals surface area contributed by atoms with Gasteiger partial charge in [-0.05, 0) is 6.42 Å². The number of rotatable bonds is 2. The minimum atomic E-state index is -0.478. The Morgan fingerprint density at radius 3 is 2.80 bits per heavy atom. The monoisotopic (exact) mass is 143 g/mol. The van der Waals surface area contributed by atoms with Crippen molar-refractivity contribution < 1.29 is 14.7 Å². The molecule has 1 unspecified atom stereocenters. The second kappa shape index (κ2) is 2.90. The predicted molar refractivity (Wildman–Crippen MR) is 33.5 cm³/mol. The first kappa shape index (κ1) is 7.37. The van der Waals surface area contributed by atoms with Crippen molar-refractivity contribution in [1.29, 1.82) is 0 Å². The maximum absolute atomic E-state index is 10.6. The first-order chi connectivity index (χ1) is 4.74. The fourth-order valence-corrected chi connectivity index (χ4v) is 1.02. The summed E-state index contributed by atoms with van der Waals surface area (Å²) in [4.78, 5) is 20.5. The highest BCUT2D eigenvalue weighted by Gasteiger charge is 2.27. The van der Waals surface area contributed by atoms with Crippen molar-refractivity contribution in [1.82, 2.24) is 5.32 Å². The van der Waals surface area contributed by atoms with Crippen LogP contribution in [0.1, 0.15) is 6.42 Å². The summed E-state index contributed by atoms with van der Waals surface area (Å²) in [7, 11) is 0. The summed E-state index contributed by atoms with van der Waals surface area (Å²) in [5, 5.41) is 11.6. The van der Waals surface area contributed by atoms with Crippen LogP contribution in [0.15, 0.2) is 0 Å². The first-order valence-corrected chi connectivity index (χ1v) is 3.14. The summed E-state index contributed by atoms with van der Waals surface area (Å²) in [5.74, 6) is -0.475. The largest absolute Gasteiger partial charge is 0.392 e. The number of carbonyl (C=O) groups is 2. The van der Waals surface area contributed by atoms with Gasteiger partial charge in [-0.15, -0.1) is 0 Å². The highest BCUT2D eigenvalue weighted by molar-refractivity contribution is 6.27. The third-order valence-electron chi connectivity index (χ3n) is 1.57. The van der Waals surface area contributed by atoms with Crippen LogP contribution in [0.2, 0.25) is 0 Å². The molecule has 0 amide bonds. The maximum Gasteiger partial charge on any atom is 0.212 e. The van der Waals surface area contributed by atoms with E-state index in [0.717, 1.165) is 0 Å². The van der Waals surface area contributed by atoms with Crippen LogP contribution in [0, 0.1) is 0 Å². The van der Waals surface area contributed by atoms with Crippen LogP contribution in [-0.4, -0.2) is 35.9 Å². The van der Waals surface area contributed by atoms with Crippen molar-refractivity contribution in [2.75, 3.05) is 6.54 Å². The molecule has 10 heavy (non-hydrogen) atoms. The number of aliphatic hydroxyl groups excluding tert-OH is 1. The van der Waals surface area contributed by atoms with Gasteiger partial charge in [-0.3, -0.25) is 9.59 Å². The number of nitrogens with one attached hydrogen (secondary N) is 1. The van der Waals surface area contributed by atoms with Gasteiger partial charge in [0.15, 0.2) is 6.29 Å². The molecule has 0 saturated carbocycles. The van der Waals surface area contributed by atoms with Gasteiger partial charge >= 0.3 is 0 Å². The van der Waals surface area contributed by atoms with Gasteiger partial charge < -0.3 is 10.4 Å². The van der Waals surface area contributed by atoms with E-state index in [1.807, 2.05) is 0 Å². The highest BCUT2D eigenvalue weighted by atomic mass is 16.3. The highest BCUT2D eigenvalue weighted by Crippen LogP contribution is 2.05. The van der Waals surface area contributed by atoms with E-state index in [9.17, 15) is 9.59 Å². The Morgan fingerprint density at radius 1 is 1.70 bits per heavy atom. The summed E-state index contributed by atoms with van der Waals surface area (Å²) in [5.41, 5.74) is 0. The number of Topliss-reactive ketones (excluding diaryl/α,β-unsaturated/α-hetero) is 1. The molecule has 0 bridgehead atoms. The Labute approximate surface area is 58.2 Å². The van der Waals surface area contributed by atoms with Crippen molar-refractivity contribution in [3.63, 3.8) is 0 Å². The topological polar surface area (TPSA) is 66.4 Å². The minimum absolute atomic E-state index is 0.287. The second-order valence-corrected chi connectivity index (χ2v) is 2.37. The van der Waals surface area contributed by atoms with Crippen molar-refractivity contribution in [3.8, 4) is 0 Å². The van der Waals surface area contributed by atoms with Crippen LogP contribution in [0.25, 0.3) is 0 Å². The molecule has 56 valence electrons. The number of β-amino-alcohol motifs (C(OH)–C–C–N with tert-alkyl or cyclic N) is 1. The molecule has 0 aliphatic carbocycles. The summed E-state index contributed by atoms with van der Waals surface area (Å²) >= 11 is 0. The average Bonchev–Trinajstić information content (AvgIpc) is 2.34. The zero-order valence-corrected chi connectivity index (χ0v) is 5.41. The lowest BCUT2D eigenvalue weighted by Gasteiger charge is -2.00. The van der Waals surface area contributed by atoms with Crippen LogP contribution in [0.3, 0.4) is 0 Å². The Bertz CT molecular complexity index is 157. The molecule has 2 atom stereocenters. The lowest BCUT2D eigenvalue weighted by Crippen LogP contribution is -2.31. The molecular weight excluding hydrogens is 134 g/mol. The van der Waals surface area contributed by atoms with Crippen LogP contribution >= 0.6 is 0 Å². The van der Waals surface area contributed by atoms with Crippen LogP contribution in [0.4, 0.5) is 0 Å². The fraction of sp³-hybridized carbons (Fsp3) is 0.667. The van der Waals surface area contributed by atoms with E-state index < -0.39 is 17.9 Å². The van der Waals surface area contributed by atoms with Crippen molar-refractivity contribution >= 4 is 12.1 Å². The minimum Gasteiger partial charge on any atom is -0.392 e. The predicted octanol–water partition coefficient (Wildman–Crippen LogP) is -1.52. The Balaban J connectivity index is 2.44. The van der Waals surface area contributed by atoms with E-state index in [0.29, 0.717) is 13.0 Å². The SMILES string of the molecule is O=CC(=O)C1C[C@@H](O)CN1. The van der Waals surface area contributed by atoms with Gasteiger partial charge in [0.2, 0.25) is 5.78 Å². The number of aldehydes is 1. The summed E-state index contributed by atoms with van der Waals surface area (Å²) in [6.07, 6.45) is 0.168. The van der Waals surface area contributed by atoms with Crippen LogP contribution in [-0.2, 0) is 9.59 Å². The lowest BCUT2D eigenvalue weighted by atomic mass is 10.1. The van der Waals surface area contributed by atoms with Gasteiger partial charge in [0.25, 0.3) is 0 Å². The Morgan fingerprint density at radius 2 is 2.40 bits per heavy atom. The molecule has 0 spiro atoms. The molecule has 1 heterocycles. The molecule has 0 aromatic heterocycles. The number of aliphatic hydroxyl groups is 1. The smallest absolute Gasteiger partial charge is 0.212 e. The van der Waals surface area contributed by atoms with E-state index >= 15 is 0 Å². The van der Waals surface area contributed by atoms with E-state index in [-0.39, 0.29) is 6.29 Å². The molecule has 2 N–H and O–H groups in total. The summed E-state index contributed by atoms with van der Waals surface area (Å²) in [6.45, 7) is 0.407. The van der Waals surface area contributed by atoms with Crippen molar-refractivity contribution in [3.05, 3.63) is 0 Å². The number of hydrogen-bond acceptors (Lipinski definition) is 4. The molecule has 1 aliphatic heterocycles. The molecule has 0 aromatic rings. The Hall–Kier alpha value is -0.740. The third kappa shape index (κ3) is 1.40. The average molecular weight is 143 g/mol. The number of carbonyl (C=O) groups excluding carboxylic acids is 2. The van der Waals surface area contributed by atoms with Gasteiger partial charge in [0.1, 0.15) is 0 Å². The standard InChI is InChI=1S/C6H9NO3/c8-3-6(10)5-1-4(9)2-7-5/h3-5,7,9H,1-2H2/t4-,5?/m1/s1. The molecule has 1 fully saturated rings. The van der Waals surface area contributed by atoms with E-state index in [1.54, 1.807) is 0 Å². The molecule has 4 heteroatoms. The summed E-state index contributed by atoms with van der Waals surface area (Å²) in [6, 6.07) is -0.451. The molecule has 4 nitrogen and oxygen atoms in total. The van der Waals surface area contributed by atoms with Gasteiger partial charge in [-0.2, -0.15) is 0 Å². The Kier molecular flexibility index (Phi) is 2.13. The number of hydrogen-bond donors (Lipinski definition) is 2. The van der Waals surface area contributed by atoms with Gasteiger partial charge in [-0.1, -0.05) is 0 Å². The molecule has 0 aromatic carbocycles. The van der Waals surface area contributed by atoms with Crippen LogP contribution < -0.4 is 5.32 Å². The fourth-order valence-electron chi connectivity index (χ4n) is 1.02. The maximum atomic E-state index is 10.6. The third-order valence-corrected chi connectivity index (χ3v) is 1.57. The molecule has 0 radical (unpaired) electrons. The lowest BCUT2D eigenvalue weighted by molar-refractivity contribution is -0.131. The molecule has 1 aliphatic rings. The second-order valence-electron chi connectivity index (χ2n) is 2.37. The van der Waals surface area contributed by atoms with Gasteiger partial charge in [-0.25, -0.2) is 0 Å². The molecular formula is C6H9NO3. The number of ketones is 1. The van der Waals surface area contributed by atoms with Crippen molar-refractivity contribution in [2.24, 2.45) is 0 Å². The first-order valence-electron chi connectivity index (χ1n) is 3.14. The van der Waals surface area contributed by atoms with Gasteiger partial charge in [0.05, 0.1) is 12.1 Å². The zero-order chi connectivity index (χ0) is 7.56. The summed E-state index contributed by atoms with van der Waals surface area (Å²) < 4.78 is 0. The quantitative estimate of drug-likeness (QED) is 0.364. The van der Waals surface area contributed by atoms with Gasteiger partial charge in [0, 0.05) is 6.54 Å². The zero-order valence-electron chi connectivity index (χ0n) is 5.41.